The van der Waals surface area contributed by atoms with Gasteiger partial charge in [0.15, 0.2) is 6.29 Å². The molecule has 4 heteroatoms. The van der Waals surface area contributed by atoms with Gasteiger partial charge in [0.1, 0.15) is 5.60 Å². The smallest absolute Gasteiger partial charge is 0.154 e. The number of carbonyl (C=O) groups is 1. The van der Waals surface area contributed by atoms with E-state index >= 15 is 0 Å². The Hall–Kier alpha value is -2.40. The molecule has 0 amide bonds. The molecule has 3 rings (SSSR count). The molecule has 0 fully saturated rings. The Kier molecular flexibility index (Phi) is 7.37. The highest BCUT2D eigenvalue weighted by Crippen LogP contribution is 2.71. The lowest BCUT2D eigenvalue weighted by atomic mass is 10.1. The van der Waals surface area contributed by atoms with Crippen molar-refractivity contribution in [2.75, 3.05) is 6.61 Å². The first-order valence-corrected chi connectivity index (χ1v) is 12.1. The molecule has 1 atom stereocenters. The van der Waals surface area contributed by atoms with Crippen LogP contribution < -0.4 is 0 Å². The summed E-state index contributed by atoms with van der Waals surface area (Å²) in [5.74, 6) is 0. The molecule has 0 spiro atoms. The first-order valence-electron chi connectivity index (χ1n) is 10.5. The largest absolute Gasteiger partial charge is 0.361 e. The van der Waals surface area contributed by atoms with Gasteiger partial charge in [-0.15, -0.1) is 0 Å². The van der Waals surface area contributed by atoms with Gasteiger partial charge in [0.05, 0.1) is 13.2 Å². The summed E-state index contributed by atoms with van der Waals surface area (Å²) >= 11 is 0. The zero-order chi connectivity index (χ0) is 22.4. The summed E-state index contributed by atoms with van der Waals surface area (Å²) in [6, 6.07) is 30.6. The van der Waals surface area contributed by atoms with E-state index in [1.54, 1.807) is 6.92 Å². The zero-order valence-electron chi connectivity index (χ0n) is 18.8. The first-order chi connectivity index (χ1) is 14.8. The molecular formula is C27H32O3S. The van der Waals surface area contributed by atoms with Gasteiger partial charge in [-0.05, 0) is 57.5 Å². The van der Waals surface area contributed by atoms with Crippen molar-refractivity contribution < 1.29 is 13.7 Å². The summed E-state index contributed by atoms with van der Waals surface area (Å²) in [5.41, 5.74) is -0.0285. The molecule has 0 aromatic heterocycles. The molecule has 0 saturated carbocycles. The summed E-state index contributed by atoms with van der Waals surface area (Å²) in [4.78, 5) is 14.4. The minimum absolute atomic E-state index is 0.166. The third kappa shape index (κ3) is 5.27. The standard InChI is InChI=1S/C27H32O3S/c1-26(2,3)31(24-16-10-6-11-17-24,25-18-12-7-13-19-25)30-22-27(4,21-28)29-20-23-14-8-5-9-15-23/h5-19,21H,20,22H2,1-4H3. The van der Waals surface area contributed by atoms with Crippen LogP contribution in [0.25, 0.3) is 0 Å². The van der Waals surface area contributed by atoms with Crippen molar-refractivity contribution in [1.82, 2.24) is 0 Å². The number of rotatable bonds is 9. The minimum Gasteiger partial charge on any atom is -0.361 e. The summed E-state index contributed by atoms with van der Waals surface area (Å²) in [6.07, 6.45) is 0.860. The summed E-state index contributed by atoms with van der Waals surface area (Å²) < 4.78 is 12.7. The van der Waals surface area contributed by atoms with E-state index in [4.69, 9.17) is 8.92 Å². The highest BCUT2D eigenvalue weighted by atomic mass is 32.3. The minimum atomic E-state index is -1.94. The Morgan fingerprint density at radius 3 is 1.61 bits per heavy atom. The molecule has 3 aromatic carbocycles. The molecular weight excluding hydrogens is 404 g/mol. The molecule has 1 unspecified atom stereocenters. The second kappa shape index (κ2) is 9.82. The van der Waals surface area contributed by atoms with E-state index in [-0.39, 0.29) is 11.4 Å². The van der Waals surface area contributed by atoms with Gasteiger partial charge in [0, 0.05) is 14.5 Å². The summed E-state index contributed by atoms with van der Waals surface area (Å²) in [5, 5.41) is 0. The molecule has 0 N–H and O–H groups in total. The quantitative estimate of drug-likeness (QED) is 0.346. The van der Waals surface area contributed by atoms with Crippen LogP contribution in [0.4, 0.5) is 0 Å². The maximum absolute atomic E-state index is 12.1. The van der Waals surface area contributed by atoms with Crippen LogP contribution in [0.3, 0.4) is 0 Å². The van der Waals surface area contributed by atoms with Crippen molar-refractivity contribution in [3.8, 4) is 0 Å². The second-order valence-corrected chi connectivity index (χ2v) is 12.3. The molecule has 3 aromatic rings. The third-order valence-corrected chi connectivity index (χ3v) is 9.26. The van der Waals surface area contributed by atoms with E-state index in [0.29, 0.717) is 6.61 Å². The van der Waals surface area contributed by atoms with Crippen LogP contribution in [0, 0.1) is 0 Å². The van der Waals surface area contributed by atoms with Gasteiger partial charge >= 0.3 is 0 Å². The fraction of sp³-hybridized carbons (Fsp3) is 0.296. The van der Waals surface area contributed by atoms with E-state index in [1.165, 1.54) is 0 Å². The molecule has 0 saturated heterocycles. The lowest BCUT2D eigenvalue weighted by molar-refractivity contribution is -0.134. The van der Waals surface area contributed by atoms with Gasteiger partial charge in [-0.2, -0.15) is 0 Å². The number of carbonyl (C=O) groups excluding carboxylic acids is 1. The van der Waals surface area contributed by atoms with Crippen LogP contribution in [0.15, 0.2) is 101 Å². The third-order valence-electron chi connectivity index (χ3n) is 5.20. The van der Waals surface area contributed by atoms with Crippen molar-refractivity contribution in [2.45, 2.75) is 54.4 Å². The topological polar surface area (TPSA) is 35.5 Å². The molecule has 31 heavy (non-hydrogen) atoms. The summed E-state index contributed by atoms with van der Waals surface area (Å²) in [7, 11) is -1.94. The number of hydrogen-bond acceptors (Lipinski definition) is 3. The monoisotopic (exact) mass is 436 g/mol. The lowest BCUT2D eigenvalue weighted by Crippen LogP contribution is -2.39. The maximum atomic E-state index is 12.1. The number of hydrogen-bond donors (Lipinski definition) is 0. The van der Waals surface area contributed by atoms with E-state index in [9.17, 15) is 4.79 Å². The highest BCUT2D eigenvalue weighted by molar-refractivity contribution is 8.31. The molecule has 0 bridgehead atoms. The maximum Gasteiger partial charge on any atom is 0.154 e. The Morgan fingerprint density at radius 2 is 1.19 bits per heavy atom. The van der Waals surface area contributed by atoms with Crippen LogP contribution >= 0.6 is 10.3 Å². The molecule has 0 aliphatic heterocycles. The molecule has 3 nitrogen and oxygen atoms in total. The molecule has 0 aliphatic rings. The fourth-order valence-corrected chi connectivity index (χ4v) is 7.32. The van der Waals surface area contributed by atoms with Gasteiger partial charge in [0.2, 0.25) is 0 Å². The van der Waals surface area contributed by atoms with Gasteiger partial charge in [-0.25, -0.2) is 0 Å². The van der Waals surface area contributed by atoms with Crippen molar-refractivity contribution >= 4 is 16.6 Å². The Balaban J connectivity index is 1.95. The van der Waals surface area contributed by atoms with Crippen LogP contribution in [0.2, 0.25) is 0 Å². The van der Waals surface area contributed by atoms with Gasteiger partial charge < -0.3 is 13.7 Å². The van der Waals surface area contributed by atoms with Crippen LogP contribution in [-0.2, 0) is 20.3 Å². The molecule has 0 aliphatic carbocycles. The van der Waals surface area contributed by atoms with E-state index < -0.39 is 15.9 Å². The van der Waals surface area contributed by atoms with E-state index in [2.05, 4.69) is 45.0 Å². The average molecular weight is 437 g/mol. The molecule has 0 heterocycles. The van der Waals surface area contributed by atoms with E-state index in [0.717, 1.165) is 21.6 Å². The number of benzene rings is 3. The molecule has 164 valence electrons. The van der Waals surface area contributed by atoms with Crippen LogP contribution in [-0.4, -0.2) is 23.2 Å². The van der Waals surface area contributed by atoms with Crippen LogP contribution in [0.5, 0.6) is 0 Å². The van der Waals surface area contributed by atoms with Crippen molar-refractivity contribution in [3.63, 3.8) is 0 Å². The number of aldehydes is 1. The number of ether oxygens (including phenoxy) is 1. The first kappa shape index (κ1) is 23.3. The fourth-order valence-electron chi connectivity index (χ4n) is 3.52. The Bertz CT molecular complexity index is 913. The normalized spacial score (nSPS) is 14.6. The Morgan fingerprint density at radius 1 is 0.742 bits per heavy atom. The van der Waals surface area contributed by atoms with Gasteiger partial charge in [-0.3, -0.25) is 0 Å². The van der Waals surface area contributed by atoms with Gasteiger partial charge in [-0.1, -0.05) is 77.0 Å². The second-order valence-electron chi connectivity index (χ2n) is 8.76. The highest BCUT2D eigenvalue weighted by Gasteiger charge is 2.43. The zero-order valence-corrected chi connectivity index (χ0v) is 19.6. The lowest BCUT2D eigenvalue weighted by Gasteiger charge is -2.51. The molecule has 0 radical (unpaired) electrons. The van der Waals surface area contributed by atoms with Crippen LogP contribution in [0.1, 0.15) is 33.3 Å². The SMILES string of the molecule is CC(C=O)(COS(c1ccccc1)(c1ccccc1)C(C)(C)C)OCc1ccccc1. The predicted octanol–water partition coefficient (Wildman–Crippen LogP) is 6.81. The van der Waals surface area contributed by atoms with Crippen molar-refractivity contribution in [2.24, 2.45) is 0 Å². The Labute approximate surface area is 187 Å². The van der Waals surface area contributed by atoms with Crippen molar-refractivity contribution in [1.29, 1.82) is 0 Å². The predicted molar refractivity (Wildman–Crippen MR) is 128 cm³/mol. The van der Waals surface area contributed by atoms with E-state index in [1.807, 2.05) is 66.7 Å². The van der Waals surface area contributed by atoms with Gasteiger partial charge in [0.25, 0.3) is 0 Å². The summed E-state index contributed by atoms with van der Waals surface area (Å²) in [6.45, 7) is 8.92. The average Bonchev–Trinajstić information content (AvgIpc) is 2.79. The van der Waals surface area contributed by atoms with Crippen molar-refractivity contribution in [3.05, 3.63) is 96.6 Å².